The first-order valence-corrected chi connectivity index (χ1v) is 6.38. The summed E-state index contributed by atoms with van der Waals surface area (Å²) in [6, 6.07) is 12.0. The second-order valence-electron chi connectivity index (χ2n) is 4.84. The van der Waals surface area contributed by atoms with Crippen LogP contribution in [-0.4, -0.2) is 17.9 Å². The summed E-state index contributed by atoms with van der Waals surface area (Å²) in [5.41, 5.74) is 1.89. The van der Waals surface area contributed by atoms with Crippen LogP contribution < -0.4 is 4.74 Å². The van der Waals surface area contributed by atoms with E-state index in [4.69, 9.17) is 4.74 Å². The normalized spacial score (nSPS) is 20.9. The van der Waals surface area contributed by atoms with Crippen molar-refractivity contribution in [2.75, 3.05) is 7.11 Å². The van der Waals surface area contributed by atoms with E-state index in [1.54, 1.807) is 25.6 Å². The zero-order valence-corrected chi connectivity index (χ0v) is 10.7. The lowest BCUT2D eigenvalue weighted by atomic mass is 10.0. The molecule has 0 bridgehead atoms. The Morgan fingerprint density at radius 1 is 1.26 bits per heavy atom. The third kappa shape index (κ3) is 2.36. The number of hydrogen-bond acceptors (Lipinski definition) is 3. The van der Waals surface area contributed by atoms with Crippen molar-refractivity contribution in [2.24, 2.45) is 5.92 Å². The first-order valence-electron chi connectivity index (χ1n) is 6.38. The molecule has 1 heterocycles. The van der Waals surface area contributed by atoms with E-state index in [0.29, 0.717) is 17.2 Å². The van der Waals surface area contributed by atoms with E-state index < -0.39 is 0 Å². The number of benzene rings is 1. The molecule has 0 spiro atoms. The van der Waals surface area contributed by atoms with E-state index in [0.717, 1.165) is 6.42 Å². The third-order valence-corrected chi connectivity index (χ3v) is 3.59. The van der Waals surface area contributed by atoms with Crippen LogP contribution in [0.25, 0.3) is 0 Å². The van der Waals surface area contributed by atoms with Gasteiger partial charge in [0, 0.05) is 17.7 Å². The minimum atomic E-state index is 0.0938. The molecule has 3 nitrogen and oxygen atoms in total. The van der Waals surface area contributed by atoms with Gasteiger partial charge in [0.15, 0.2) is 5.78 Å². The van der Waals surface area contributed by atoms with Crippen molar-refractivity contribution in [1.29, 1.82) is 0 Å². The molecule has 1 saturated carbocycles. The molecule has 1 aliphatic carbocycles. The standard InChI is InChI=1S/C16H15NO2/c1-19-13-7-12(9-17-10-13)16(18)15-8-14(15)11-5-3-2-4-6-11/h2-7,9-10,14-15H,8H2,1H3. The Bertz CT molecular complexity index is 595. The van der Waals surface area contributed by atoms with Gasteiger partial charge in [-0.05, 0) is 24.0 Å². The van der Waals surface area contributed by atoms with Crippen LogP contribution in [0.15, 0.2) is 48.8 Å². The van der Waals surface area contributed by atoms with E-state index in [-0.39, 0.29) is 11.7 Å². The lowest BCUT2D eigenvalue weighted by molar-refractivity contribution is 0.0964. The van der Waals surface area contributed by atoms with Gasteiger partial charge in [-0.2, -0.15) is 0 Å². The van der Waals surface area contributed by atoms with Crippen LogP contribution in [0.4, 0.5) is 0 Å². The molecule has 0 saturated heterocycles. The highest BCUT2D eigenvalue weighted by Crippen LogP contribution is 2.49. The molecule has 0 N–H and O–H groups in total. The molecule has 2 aromatic rings. The number of nitrogens with zero attached hydrogens (tertiary/aromatic N) is 1. The van der Waals surface area contributed by atoms with Crippen LogP contribution in [0.5, 0.6) is 5.75 Å². The Morgan fingerprint density at radius 2 is 2.05 bits per heavy atom. The number of hydrogen-bond donors (Lipinski definition) is 0. The molecule has 1 aromatic carbocycles. The van der Waals surface area contributed by atoms with E-state index >= 15 is 0 Å². The summed E-state index contributed by atoms with van der Waals surface area (Å²) in [7, 11) is 1.58. The van der Waals surface area contributed by atoms with Crippen LogP contribution in [0, 0.1) is 5.92 Å². The fourth-order valence-electron chi connectivity index (χ4n) is 2.43. The van der Waals surface area contributed by atoms with Gasteiger partial charge in [-0.3, -0.25) is 9.78 Å². The molecule has 19 heavy (non-hydrogen) atoms. The molecule has 1 fully saturated rings. The van der Waals surface area contributed by atoms with Crippen LogP contribution in [0.2, 0.25) is 0 Å². The van der Waals surface area contributed by atoms with Crippen molar-refractivity contribution in [3.8, 4) is 5.75 Å². The first-order chi connectivity index (χ1) is 9.29. The third-order valence-electron chi connectivity index (χ3n) is 3.59. The van der Waals surface area contributed by atoms with Gasteiger partial charge < -0.3 is 4.74 Å². The molecule has 3 rings (SSSR count). The highest BCUT2D eigenvalue weighted by atomic mass is 16.5. The molecule has 1 aromatic heterocycles. The molecule has 3 heteroatoms. The minimum absolute atomic E-state index is 0.0938. The fraction of sp³-hybridized carbons (Fsp3) is 0.250. The summed E-state index contributed by atoms with van der Waals surface area (Å²) in [4.78, 5) is 16.4. The Hall–Kier alpha value is -2.16. The van der Waals surface area contributed by atoms with Gasteiger partial charge in [0.2, 0.25) is 0 Å². The zero-order chi connectivity index (χ0) is 13.2. The molecular weight excluding hydrogens is 238 g/mol. The van der Waals surface area contributed by atoms with Gasteiger partial charge in [0.1, 0.15) is 5.75 Å². The molecule has 0 radical (unpaired) electrons. The van der Waals surface area contributed by atoms with Crippen molar-refractivity contribution in [3.05, 3.63) is 59.9 Å². The summed E-state index contributed by atoms with van der Waals surface area (Å²) in [5.74, 6) is 1.25. The lowest BCUT2D eigenvalue weighted by Gasteiger charge is -2.03. The van der Waals surface area contributed by atoms with E-state index in [1.807, 2.05) is 18.2 Å². The predicted octanol–water partition coefficient (Wildman–Crippen LogP) is 3.08. The van der Waals surface area contributed by atoms with Gasteiger partial charge in [0.05, 0.1) is 13.3 Å². The topological polar surface area (TPSA) is 39.2 Å². The molecule has 96 valence electrons. The van der Waals surface area contributed by atoms with Crippen LogP contribution >= 0.6 is 0 Å². The monoisotopic (exact) mass is 253 g/mol. The summed E-state index contributed by atoms with van der Waals surface area (Å²) >= 11 is 0. The van der Waals surface area contributed by atoms with Crippen molar-refractivity contribution in [3.63, 3.8) is 0 Å². The fourth-order valence-corrected chi connectivity index (χ4v) is 2.43. The maximum Gasteiger partial charge on any atom is 0.168 e. The number of ether oxygens (including phenoxy) is 1. The van der Waals surface area contributed by atoms with Crippen LogP contribution in [0.1, 0.15) is 28.3 Å². The number of pyridine rings is 1. The van der Waals surface area contributed by atoms with E-state index in [1.165, 1.54) is 5.56 Å². The molecule has 2 atom stereocenters. The second-order valence-corrected chi connectivity index (χ2v) is 4.84. The average molecular weight is 253 g/mol. The highest BCUT2D eigenvalue weighted by Gasteiger charge is 2.44. The largest absolute Gasteiger partial charge is 0.495 e. The number of carbonyl (C=O) groups is 1. The smallest absolute Gasteiger partial charge is 0.168 e. The summed E-state index contributed by atoms with van der Waals surface area (Å²) in [5, 5.41) is 0. The number of rotatable bonds is 4. The quantitative estimate of drug-likeness (QED) is 0.786. The Balaban J connectivity index is 1.76. The number of ketones is 1. The number of Topliss-reactive ketones (excluding diaryl/α,β-unsaturated/α-hetero) is 1. The SMILES string of the molecule is COc1cncc(C(=O)C2CC2c2ccccc2)c1. The summed E-state index contributed by atoms with van der Waals surface area (Å²) < 4.78 is 5.10. The number of aromatic nitrogens is 1. The Kier molecular flexibility index (Phi) is 3.03. The first kappa shape index (κ1) is 11.9. The predicted molar refractivity (Wildman–Crippen MR) is 72.4 cm³/mol. The highest BCUT2D eigenvalue weighted by molar-refractivity contribution is 6.00. The molecule has 0 aliphatic heterocycles. The van der Waals surface area contributed by atoms with Crippen molar-refractivity contribution in [1.82, 2.24) is 4.98 Å². The summed E-state index contributed by atoms with van der Waals surface area (Å²) in [6.45, 7) is 0. The summed E-state index contributed by atoms with van der Waals surface area (Å²) in [6.07, 6.45) is 4.16. The Labute approximate surface area is 112 Å². The van der Waals surface area contributed by atoms with Gasteiger partial charge in [-0.25, -0.2) is 0 Å². The van der Waals surface area contributed by atoms with Gasteiger partial charge >= 0.3 is 0 Å². The van der Waals surface area contributed by atoms with Gasteiger partial charge in [0.25, 0.3) is 0 Å². The van der Waals surface area contributed by atoms with Gasteiger partial charge in [-0.15, -0.1) is 0 Å². The average Bonchev–Trinajstić information content (AvgIpc) is 3.28. The van der Waals surface area contributed by atoms with Crippen LogP contribution in [0.3, 0.4) is 0 Å². The van der Waals surface area contributed by atoms with E-state index in [2.05, 4.69) is 17.1 Å². The Morgan fingerprint density at radius 3 is 2.79 bits per heavy atom. The van der Waals surface area contributed by atoms with E-state index in [9.17, 15) is 4.79 Å². The van der Waals surface area contributed by atoms with Crippen molar-refractivity contribution >= 4 is 5.78 Å². The maximum absolute atomic E-state index is 12.4. The van der Waals surface area contributed by atoms with Crippen LogP contribution in [-0.2, 0) is 0 Å². The number of carbonyl (C=O) groups excluding carboxylic acids is 1. The minimum Gasteiger partial charge on any atom is -0.495 e. The number of methoxy groups -OCH3 is 1. The molecule has 2 unspecified atom stereocenters. The second kappa shape index (κ2) is 4.84. The zero-order valence-electron chi connectivity index (χ0n) is 10.7. The lowest BCUT2D eigenvalue weighted by Crippen LogP contribution is -2.04. The molecular formula is C16H15NO2. The molecule has 1 aliphatic rings. The van der Waals surface area contributed by atoms with Crippen molar-refractivity contribution < 1.29 is 9.53 Å². The molecule has 0 amide bonds. The maximum atomic E-state index is 12.4. The van der Waals surface area contributed by atoms with Crippen molar-refractivity contribution in [2.45, 2.75) is 12.3 Å². The van der Waals surface area contributed by atoms with Gasteiger partial charge in [-0.1, -0.05) is 30.3 Å².